The number of benzene rings is 1. The third kappa shape index (κ3) is 6.09. The van der Waals surface area contributed by atoms with Gasteiger partial charge in [0.2, 0.25) is 0 Å². The molecule has 0 saturated heterocycles. The van der Waals surface area contributed by atoms with Crippen LogP contribution in [0.2, 0.25) is 0 Å². The van der Waals surface area contributed by atoms with Crippen LogP contribution in [-0.2, 0) is 11.3 Å². The second kappa shape index (κ2) is 6.25. The van der Waals surface area contributed by atoms with Gasteiger partial charge in [-0.25, -0.2) is 0 Å². The maximum Gasteiger partial charge on any atom is 0.573 e. The second-order valence-corrected chi connectivity index (χ2v) is 3.52. The average molecular weight is 263 g/mol. The molecule has 0 fully saturated rings. The van der Waals surface area contributed by atoms with Crippen LogP contribution >= 0.6 is 0 Å². The lowest BCUT2D eigenvalue weighted by molar-refractivity contribution is -0.274. The Labute approximate surface area is 101 Å². The molecule has 1 aromatic carbocycles. The second-order valence-electron chi connectivity index (χ2n) is 3.52. The summed E-state index contributed by atoms with van der Waals surface area (Å²) in [7, 11) is 0. The molecule has 0 radical (unpaired) electrons. The summed E-state index contributed by atoms with van der Waals surface area (Å²) in [5.41, 5.74) is 0.585. The van der Waals surface area contributed by atoms with Crippen LogP contribution in [0.4, 0.5) is 13.2 Å². The van der Waals surface area contributed by atoms with E-state index in [1.54, 1.807) is 6.07 Å². The minimum absolute atomic E-state index is 0.0429. The highest BCUT2D eigenvalue weighted by atomic mass is 19.4. The van der Waals surface area contributed by atoms with Crippen molar-refractivity contribution >= 4 is 5.97 Å². The summed E-state index contributed by atoms with van der Waals surface area (Å²) in [6.45, 7) is 0.530. The SMILES string of the molecule is O=C(O)CCNCc1cccc(OC(F)(F)F)c1. The monoisotopic (exact) mass is 263 g/mol. The number of alkyl halides is 3. The lowest BCUT2D eigenvalue weighted by Crippen LogP contribution is -2.19. The quantitative estimate of drug-likeness (QED) is 0.772. The molecule has 0 aromatic heterocycles. The largest absolute Gasteiger partial charge is 0.573 e. The van der Waals surface area contributed by atoms with Crippen molar-refractivity contribution in [3.05, 3.63) is 29.8 Å². The van der Waals surface area contributed by atoms with Gasteiger partial charge in [0.15, 0.2) is 0 Å². The number of aliphatic carboxylic acids is 1. The molecule has 0 aliphatic heterocycles. The zero-order valence-corrected chi connectivity index (χ0v) is 9.33. The van der Waals surface area contributed by atoms with Gasteiger partial charge in [0.1, 0.15) is 5.75 Å². The van der Waals surface area contributed by atoms with Gasteiger partial charge in [-0.1, -0.05) is 12.1 Å². The highest BCUT2D eigenvalue weighted by Crippen LogP contribution is 2.23. The van der Waals surface area contributed by atoms with Crippen LogP contribution in [0.1, 0.15) is 12.0 Å². The first-order valence-corrected chi connectivity index (χ1v) is 5.14. The first-order valence-electron chi connectivity index (χ1n) is 5.14. The summed E-state index contributed by atoms with van der Waals surface area (Å²) in [6.07, 6.45) is -4.76. The minimum atomic E-state index is -4.71. The van der Waals surface area contributed by atoms with E-state index in [9.17, 15) is 18.0 Å². The van der Waals surface area contributed by atoms with Crippen LogP contribution < -0.4 is 10.1 Å². The number of carboxylic acid groups (broad SMARTS) is 1. The highest BCUT2D eigenvalue weighted by Gasteiger charge is 2.31. The van der Waals surface area contributed by atoms with E-state index in [2.05, 4.69) is 10.1 Å². The molecule has 7 heteroatoms. The van der Waals surface area contributed by atoms with Gasteiger partial charge in [0, 0.05) is 13.1 Å². The Balaban J connectivity index is 2.47. The summed E-state index contributed by atoms with van der Waals surface area (Å²) in [5.74, 6) is -1.23. The Hall–Kier alpha value is -1.76. The smallest absolute Gasteiger partial charge is 0.481 e. The zero-order valence-electron chi connectivity index (χ0n) is 9.33. The molecule has 0 bridgehead atoms. The topological polar surface area (TPSA) is 58.6 Å². The number of hydrogen-bond acceptors (Lipinski definition) is 3. The fourth-order valence-corrected chi connectivity index (χ4v) is 1.28. The maximum absolute atomic E-state index is 12.0. The Morgan fingerprint density at radius 3 is 2.72 bits per heavy atom. The molecule has 0 aliphatic rings. The van der Waals surface area contributed by atoms with Crippen molar-refractivity contribution in [1.29, 1.82) is 0 Å². The molecular formula is C11H12F3NO3. The van der Waals surface area contributed by atoms with E-state index in [1.807, 2.05) is 0 Å². The van der Waals surface area contributed by atoms with Gasteiger partial charge in [0.05, 0.1) is 6.42 Å². The highest BCUT2D eigenvalue weighted by molar-refractivity contribution is 5.66. The molecule has 1 rings (SSSR count). The Morgan fingerprint density at radius 1 is 1.39 bits per heavy atom. The lowest BCUT2D eigenvalue weighted by atomic mass is 10.2. The van der Waals surface area contributed by atoms with Gasteiger partial charge in [-0.2, -0.15) is 0 Å². The van der Waals surface area contributed by atoms with Crippen LogP contribution in [0.5, 0.6) is 5.75 Å². The van der Waals surface area contributed by atoms with Crippen LogP contribution in [-0.4, -0.2) is 24.0 Å². The Bertz CT molecular complexity index is 407. The van der Waals surface area contributed by atoms with E-state index in [-0.39, 0.29) is 25.3 Å². The zero-order chi connectivity index (χ0) is 13.6. The number of halogens is 3. The Kier molecular flexibility index (Phi) is 4.96. The molecule has 0 aliphatic carbocycles. The predicted octanol–water partition coefficient (Wildman–Crippen LogP) is 2.15. The van der Waals surface area contributed by atoms with Gasteiger partial charge in [-0.05, 0) is 17.7 Å². The van der Waals surface area contributed by atoms with E-state index in [4.69, 9.17) is 5.11 Å². The summed E-state index contributed by atoms with van der Waals surface area (Å²) in [4.78, 5) is 10.2. The van der Waals surface area contributed by atoms with Crippen molar-refractivity contribution in [3.8, 4) is 5.75 Å². The van der Waals surface area contributed by atoms with Gasteiger partial charge in [0.25, 0.3) is 0 Å². The number of rotatable bonds is 6. The molecule has 100 valence electrons. The molecule has 0 amide bonds. The van der Waals surface area contributed by atoms with Crippen molar-refractivity contribution in [2.24, 2.45) is 0 Å². The van der Waals surface area contributed by atoms with E-state index >= 15 is 0 Å². The summed E-state index contributed by atoms with van der Waals surface area (Å²) < 4.78 is 39.7. The van der Waals surface area contributed by atoms with Crippen molar-refractivity contribution in [2.45, 2.75) is 19.3 Å². The molecule has 0 saturated carbocycles. The van der Waals surface area contributed by atoms with E-state index in [1.165, 1.54) is 18.2 Å². The van der Waals surface area contributed by atoms with Crippen LogP contribution in [0.25, 0.3) is 0 Å². The fourth-order valence-electron chi connectivity index (χ4n) is 1.28. The number of carboxylic acids is 1. The third-order valence-electron chi connectivity index (χ3n) is 1.98. The molecule has 0 heterocycles. The first-order chi connectivity index (χ1) is 8.37. The van der Waals surface area contributed by atoms with Crippen molar-refractivity contribution < 1.29 is 27.8 Å². The van der Waals surface area contributed by atoms with Crippen molar-refractivity contribution in [1.82, 2.24) is 5.32 Å². The number of nitrogens with one attached hydrogen (secondary N) is 1. The van der Waals surface area contributed by atoms with E-state index in [0.717, 1.165) is 0 Å². The molecule has 2 N–H and O–H groups in total. The summed E-state index contributed by atoms with van der Waals surface area (Å²) in [5, 5.41) is 11.2. The number of ether oxygens (including phenoxy) is 1. The van der Waals surface area contributed by atoms with E-state index in [0.29, 0.717) is 5.56 Å². The van der Waals surface area contributed by atoms with E-state index < -0.39 is 12.3 Å². The summed E-state index contributed by atoms with van der Waals surface area (Å²) in [6, 6.07) is 5.52. The normalized spacial score (nSPS) is 11.3. The predicted molar refractivity (Wildman–Crippen MR) is 57.1 cm³/mol. The lowest BCUT2D eigenvalue weighted by Gasteiger charge is -2.10. The van der Waals surface area contributed by atoms with Crippen molar-refractivity contribution in [2.75, 3.05) is 6.54 Å². The molecule has 0 atom stereocenters. The molecule has 4 nitrogen and oxygen atoms in total. The molecule has 18 heavy (non-hydrogen) atoms. The number of hydrogen-bond donors (Lipinski definition) is 2. The van der Waals surface area contributed by atoms with Gasteiger partial charge < -0.3 is 15.2 Å². The standard InChI is InChI=1S/C11H12F3NO3/c12-11(13,14)18-9-3-1-2-8(6-9)7-15-5-4-10(16)17/h1-3,6,15H,4-5,7H2,(H,16,17). The van der Waals surface area contributed by atoms with Gasteiger partial charge in [-0.15, -0.1) is 13.2 Å². The van der Waals surface area contributed by atoms with Crippen LogP contribution in [0.3, 0.4) is 0 Å². The fraction of sp³-hybridized carbons (Fsp3) is 0.364. The van der Waals surface area contributed by atoms with Crippen LogP contribution in [0, 0.1) is 0 Å². The molecule has 0 unspecified atom stereocenters. The minimum Gasteiger partial charge on any atom is -0.481 e. The van der Waals surface area contributed by atoms with Crippen molar-refractivity contribution in [3.63, 3.8) is 0 Å². The molecule has 0 spiro atoms. The van der Waals surface area contributed by atoms with Gasteiger partial charge in [-0.3, -0.25) is 4.79 Å². The van der Waals surface area contributed by atoms with Gasteiger partial charge >= 0.3 is 12.3 Å². The third-order valence-corrected chi connectivity index (χ3v) is 1.98. The molecule has 1 aromatic rings. The number of carbonyl (C=O) groups is 1. The first kappa shape index (κ1) is 14.3. The summed E-state index contributed by atoms with van der Waals surface area (Å²) >= 11 is 0. The maximum atomic E-state index is 12.0. The van der Waals surface area contributed by atoms with Crippen LogP contribution in [0.15, 0.2) is 24.3 Å². The Morgan fingerprint density at radius 2 is 2.11 bits per heavy atom. The molecular weight excluding hydrogens is 251 g/mol. The average Bonchev–Trinajstić information content (AvgIpc) is 2.22.